The first-order chi connectivity index (χ1) is 10.1. The van der Waals surface area contributed by atoms with Gasteiger partial charge in [0.2, 0.25) is 0 Å². The average Bonchev–Trinajstić information content (AvgIpc) is 3.10. The molecule has 0 saturated heterocycles. The molecule has 116 valence electrons. The number of rotatable bonds is 5. The summed E-state index contributed by atoms with van der Waals surface area (Å²) in [6.45, 7) is 4.52. The normalized spacial score (nSPS) is 30.5. The topological polar surface area (TPSA) is 32.3 Å². The number of hydrogen-bond donors (Lipinski definition) is 2. The Balaban J connectivity index is 1.70. The second-order valence-electron chi connectivity index (χ2n) is 6.96. The van der Waals surface area contributed by atoms with E-state index in [2.05, 4.69) is 35.1 Å². The van der Waals surface area contributed by atoms with Crippen LogP contribution in [-0.4, -0.2) is 11.1 Å². The smallest absolute Gasteiger partial charge is 0.120 e. The van der Waals surface area contributed by atoms with Gasteiger partial charge in [-0.15, -0.1) is 0 Å². The number of fused-ring (bicyclic) bond motifs is 2. The summed E-state index contributed by atoms with van der Waals surface area (Å²) in [6.07, 6.45) is 6.74. The standard InChI is InChI=1S/C18H26BrNO/c1-3-17(16-10-14(19)6-7-18(16)21)20-11(2)15-9-12-4-5-13(15)8-12/h6-7,10-13,15,17,20-21H,3-5,8-9H2,1-2H3. The monoisotopic (exact) mass is 351 g/mol. The maximum Gasteiger partial charge on any atom is 0.120 e. The van der Waals surface area contributed by atoms with Gasteiger partial charge in [-0.1, -0.05) is 29.3 Å². The second-order valence-corrected chi connectivity index (χ2v) is 7.87. The lowest BCUT2D eigenvalue weighted by atomic mass is 9.83. The van der Waals surface area contributed by atoms with E-state index in [1.807, 2.05) is 12.1 Å². The quantitative estimate of drug-likeness (QED) is 0.780. The molecule has 0 radical (unpaired) electrons. The van der Waals surface area contributed by atoms with Crippen LogP contribution in [0.3, 0.4) is 0 Å². The molecule has 2 saturated carbocycles. The molecule has 1 aromatic rings. The zero-order chi connectivity index (χ0) is 15.0. The summed E-state index contributed by atoms with van der Waals surface area (Å²) in [7, 11) is 0. The Labute approximate surface area is 136 Å². The summed E-state index contributed by atoms with van der Waals surface area (Å²) in [5.74, 6) is 3.15. The van der Waals surface area contributed by atoms with Crippen LogP contribution in [0.25, 0.3) is 0 Å². The molecule has 2 fully saturated rings. The Kier molecular flexibility index (Phi) is 4.60. The van der Waals surface area contributed by atoms with Gasteiger partial charge in [-0.3, -0.25) is 0 Å². The fourth-order valence-electron chi connectivity index (χ4n) is 4.58. The second kappa shape index (κ2) is 6.29. The van der Waals surface area contributed by atoms with Crippen molar-refractivity contribution in [1.82, 2.24) is 5.32 Å². The van der Waals surface area contributed by atoms with Gasteiger partial charge in [0.15, 0.2) is 0 Å². The van der Waals surface area contributed by atoms with E-state index in [1.54, 1.807) is 6.07 Å². The molecule has 3 rings (SSSR count). The van der Waals surface area contributed by atoms with Crippen molar-refractivity contribution in [2.75, 3.05) is 0 Å². The van der Waals surface area contributed by atoms with Gasteiger partial charge in [-0.25, -0.2) is 0 Å². The van der Waals surface area contributed by atoms with Crippen molar-refractivity contribution >= 4 is 15.9 Å². The van der Waals surface area contributed by atoms with Crippen molar-refractivity contribution in [3.63, 3.8) is 0 Å². The fourth-order valence-corrected chi connectivity index (χ4v) is 4.96. The van der Waals surface area contributed by atoms with E-state index in [9.17, 15) is 5.11 Å². The van der Waals surface area contributed by atoms with E-state index in [-0.39, 0.29) is 6.04 Å². The van der Waals surface area contributed by atoms with Crippen molar-refractivity contribution in [2.24, 2.45) is 17.8 Å². The first-order valence-electron chi connectivity index (χ1n) is 8.33. The van der Waals surface area contributed by atoms with E-state index >= 15 is 0 Å². The van der Waals surface area contributed by atoms with Crippen molar-refractivity contribution in [1.29, 1.82) is 0 Å². The summed E-state index contributed by atoms with van der Waals surface area (Å²) < 4.78 is 1.03. The Morgan fingerprint density at radius 1 is 1.33 bits per heavy atom. The van der Waals surface area contributed by atoms with Crippen LogP contribution in [0.1, 0.15) is 57.6 Å². The summed E-state index contributed by atoms with van der Waals surface area (Å²) >= 11 is 3.51. The van der Waals surface area contributed by atoms with Gasteiger partial charge in [0.05, 0.1) is 0 Å². The molecule has 0 amide bonds. The SMILES string of the molecule is CCC(NC(C)C1CC2CCC1C2)c1cc(Br)ccc1O. The van der Waals surface area contributed by atoms with Gasteiger partial charge in [-0.05, 0) is 68.6 Å². The molecule has 21 heavy (non-hydrogen) atoms. The minimum absolute atomic E-state index is 0.233. The number of halogens is 1. The number of benzene rings is 1. The van der Waals surface area contributed by atoms with Crippen molar-refractivity contribution < 1.29 is 5.11 Å². The zero-order valence-electron chi connectivity index (χ0n) is 13.0. The molecule has 5 unspecified atom stereocenters. The van der Waals surface area contributed by atoms with Gasteiger partial charge >= 0.3 is 0 Å². The van der Waals surface area contributed by atoms with E-state index in [0.717, 1.165) is 34.2 Å². The number of phenols is 1. The van der Waals surface area contributed by atoms with Crippen LogP contribution in [0.5, 0.6) is 5.75 Å². The molecule has 0 heterocycles. The molecule has 2 aliphatic rings. The Morgan fingerprint density at radius 3 is 2.76 bits per heavy atom. The minimum Gasteiger partial charge on any atom is -0.508 e. The van der Waals surface area contributed by atoms with Crippen molar-refractivity contribution in [3.05, 3.63) is 28.2 Å². The number of phenolic OH excluding ortho intramolecular Hbond substituents is 1. The predicted molar refractivity (Wildman–Crippen MR) is 90.4 cm³/mol. The van der Waals surface area contributed by atoms with E-state index in [1.165, 1.54) is 25.7 Å². The van der Waals surface area contributed by atoms with E-state index in [0.29, 0.717) is 11.8 Å². The van der Waals surface area contributed by atoms with Crippen LogP contribution < -0.4 is 5.32 Å². The van der Waals surface area contributed by atoms with Gasteiger partial charge in [0, 0.05) is 22.1 Å². The van der Waals surface area contributed by atoms with Gasteiger partial charge < -0.3 is 10.4 Å². The van der Waals surface area contributed by atoms with Crippen LogP contribution in [0.2, 0.25) is 0 Å². The number of hydrogen-bond acceptors (Lipinski definition) is 2. The average molecular weight is 352 g/mol. The van der Waals surface area contributed by atoms with Crippen LogP contribution in [0.15, 0.2) is 22.7 Å². The van der Waals surface area contributed by atoms with Gasteiger partial charge in [0.1, 0.15) is 5.75 Å². The van der Waals surface area contributed by atoms with Crippen LogP contribution >= 0.6 is 15.9 Å². The van der Waals surface area contributed by atoms with E-state index < -0.39 is 0 Å². The Hall–Kier alpha value is -0.540. The summed E-state index contributed by atoms with van der Waals surface area (Å²) in [6, 6.07) is 6.49. The summed E-state index contributed by atoms with van der Waals surface area (Å²) in [5.41, 5.74) is 1.02. The molecule has 1 aromatic carbocycles. The molecular formula is C18H26BrNO. The highest BCUT2D eigenvalue weighted by atomic mass is 79.9. The summed E-state index contributed by atoms with van der Waals surface area (Å²) in [4.78, 5) is 0. The lowest BCUT2D eigenvalue weighted by Crippen LogP contribution is -2.38. The third-order valence-electron chi connectivity index (χ3n) is 5.67. The van der Waals surface area contributed by atoms with Crippen LogP contribution in [0, 0.1) is 17.8 Å². The molecule has 2 nitrogen and oxygen atoms in total. The highest BCUT2D eigenvalue weighted by molar-refractivity contribution is 9.10. The van der Waals surface area contributed by atoms with Crippen molar-refractivity contribution in [3.8, 4) is 5.75 Å². The number of nitrogens with one attached hydrogen (secondary N) is 1. The molecule has 5 atom stereocenters. The molecular weight excluding hydrogens is 326 g/mol. The third kappa shape index (κ3) is 3.14. The molecule has 2 aliphatic carbocycles. The summed E-state index contributed by atoms with van der Waals surface area (Å²) in [5, 5.41) is 14.0. The van der Waals surface area contributed by atoms with E-state index in [4.69, 9.17) is 0 Å². The maximum absolute atomic E-state index is 10.2. The molecule has 2 bridgehead atoms. The van der Waals surface area contributed by atoms with Crippen LogP contribution in [-0.2, 0) is 0 Å². The first kappa shape index (κ1) is 15.4. The Bertz CT molecular complexity index is 504. The zero-order valence-corrected chi connectivity index (χ0v) is 14.6. The van der Waals surface area contributed by atoms with Gasteiger partial charge in [-0.2, -0.15) is 0 Å². The van der Waals surface area contributed by atoms with Crippen molar-refractivity contribution in [2.45, 2.75) is 58.0 Å². The lowest BCUT2D eigenvalue weighted by Gasteiger charge is -2.32. The van der Waals surface area contributed by atoms with Gasteiger partial charge in [0.25, 0.3) is 0 Å². The fraction of sp³-hybridized carbons (Fsp3) is 0.667. The lowest BCUT2D eigenvalue weighted by molar-refractivity contribution is 0.242. The molecule has 2 N–H and O–H groups in total. The molecule has 0 spiro atoms. The number of aromatic hydroxyl groups is 1. The minimum atomic E-state index is 0.233. The third-order valence-corrected chi connectivity index (χ3v) is 6.17. The predicted octanol–water partition coefficient (Wildman–Crippen LogP) is 5.02. The maximum atomic E-state index is 10.2. The first-order valence-corrected chi connectivity index (χ1v) is 9.12. The Morgan fingerprint density at radius 2 is 2.14 bits per heavy atom. The highest BCUT2D eigenvalue weighted by Crippen LogP contribution is 2.49. The molecule has 0 aromatic heterocycles. The highest BCUT2D eigenvalue weighted by Gasteiger charge is 2.42. The largest absolute Gasteiger partial charge is 0.508 e. The molecule has 0 aliphatic heterocycles. The molecule has 3 heteroatoms. The van der Waals surface area contributed by atoms with Crippen LogP contribution in [0.4, 0.5) is 0 Å².